The van der Waals surface area contributed by atoms with Gasteiger partial charge in [0.25, 0.3) is 0 Å². The molecule has 0 radical (unpaired) electrons. The summed E-state index contributed by atoms with van der Waals surface area (Å²) in [4.78, 5) is 3.93. The molecule has 0 aromatic carbocycles. The van der Waals surface area contributed by atoms with Crippen molar-refractivity contribution in [3.63, 3.8) is 0 Å². The lowest BCUT2D eigenvalue weighted by Crippen LogP contribution is -1.90. The summed E-state index contributed by atoms with van der Waals surface area (Å²) in [5, 5.41) is 8.35. The molecule has 0 spiro atoms. The van der Waals surface area contributed by atoms with Crippen LogP contribution in [0.5, 0.6) is 0 Å². The van der Waals surface area contributed by atoms with Gasteiger partial charge in [-0.05, 0) is 5.92 Å². The average Bonchev–Trinajstić information content (AvgIpc) is 2.31. The normalized spacial score (nSPS) is 8.60. The van der Waals surface area contributed by atoms with Gasteiger partial charge in [0.05, 0.1) is 0 Å². The second kappa shape index (κ2) is 3.04. The van der Waals surface area contributed by atoms with E-state index in [9.17, 15) is 0 Å². The third-order valence-corrected chi connectivity index (χ3v) is 1.10. The van der Waals surface area contributed by atoms with Crippen molar-refractivity contribution in [2.75, 3.05) is 6.61 Å². The minimum absolute atomic E-state index is 0.118. The molecule has 0 atom stereocenters. The van der Waals surface area contributed by atoms with Crippen LogP contribution in [0.25, 0.3) is 0 Å². The maximum absolute atomic E-state index is 8.35. The Labute approximate surface area is 59.3 Å². The number of aryl methyl sites for hydroxylation is 1. The van der Waals surface area contributed by atoms with Gasteiger partial charge >= 0.3 is 0 Å². The maximum Gasteiger partial charge on any atom is 0.185 e. The van der Waals surface area contributed by atoms with Gasteiger partial charge in [-0.2, -0.15) is 0 Å². The van der Waals surface area contributed by atoms with E-state index in [1.807, 2.05) is 7.05 Å². The summed E-state index contributed by atoms with van der Waals surface area (Å²) in [6, 6.07) is 0. The van der Waals surface area contributed by atoms with Gasteiger partial charge in [-0.25, -0.2) is 4.98 Å². The number of imidazole rings is 1. The van der Waals surface area contributed by atoms with E-state index in [-0.39, 0.29) is 6.61 Å². The van der Waals surface area contributed by atoms with E-state index in [1.54, 1.807) is 17.0 Å². The highest BCUT2D eigenvalue weighted by Crippen LogP contribution is 1.88. The number of hydrogen-bond acceptors (Lipinski definition) is 2. The molecule has 1 N–H and O–H groups in total. The summed E-state index contributed by atoms with van der Waals surface area (Å²) in [7, 11) is 1.86. The van der Waals surface area contributed by atoms with Crippen molar-refractivity contribution >= 4 is 0 Å². The fourth-order valence-electron chi connectivity index (χ4n) is 0.605. The Morgan fingerprint density at radius 3 is 3.10 bits per heavy atom. The molecule has 52 valence electrons. The van der Waals surface area contributed by atoms with Crippen LogP contribution in [0.2, 0.25) is 0 Å². The van der Waals surface area contributed by atoms with Crippen molar-refractivity contribution < 1.29 is 5.11 Å². The second-order valence-electron chi connectivity index (χ2n) is 1.82. The predicted octanol–water partition coefficient (Wildman–Crippen LogP) is -0.236. The van der Waals surface area contributed by atoms with Gasteiger partial charge < -0.3 is 9.67 Å². The van der Waals surface area contributed by atoms with Gasteiger partial charge in [0.1, 0.15) is 6.61 Å². The van der Waals surface area contributed by atoms with Crippen molar-refractivity contribution in [3.05, 3.63) is 18.2 Å². The van der Waals surface area contributed by atoms with E-state index in [0.29, 0.717) is 5.82 Å². The summed E-state index contributed by atoms with van der Waals surface area (Å²) < 4.78 is 1.79. The molecule has 0 bridgehead atoms. The van der Waals surface area contributed by atoms with Crippen LogP contribution in [0.15, 0.2) is 12.4 Å². The molecular weight excluding hydrogens is 128 g/mol. The van der Waals surface area contributed by atoms with Crippen LogP contribution >= 0.6 is 0 Å². The van der Waals surface area contributed by atoms with E-state index in [0.717, 1.165) is 0 Å². The average molecular weight is 136 g/mol. The van der Waals surface area contributed by atoms with Crippen molar-refractivity contribution in [1.29, 1.82) is 0 Å². The monoisotopic (exact) mass is 136 g/mol. The Morgan fingerprint density at radius 1 is 1.80 bits per heavy atom. The first-order valence-corrected chi connectivity index (χ1v) is 2.91. The van der Waals surface area contributed by atoms with Crippen molar-refractivity contribution in [2.45, 2.75) is 0 Å². The van der Waals surface area contributed by atoms with Crippen molar-refractivity contribution in [1.82, 2.24) is 9.55 Å². The topological polar surface area (TPSA) is 38.0 Å². The van der Waals surface area contributed by atoms with Gasteiger partial charge in [-0.3, -0.25) is 0 Å². The number of aliphatic hydroxyl groups excluding tert-OH is 1. The molecule has 3 heteroatoms. The first-order chi connectivity index (χ1) is 4.84. The van der Waals surface area contributed by atoms with Gasteiger partial charge in [-0.15, -0.1) is 0 Å². The zero-order valence-corrected chi connectivity index (χ0v) is 5.70. The molecule has 0 amide bonds. The molecule has 0 saturated carbocycles. The third-order valence-electron chi connectivity index (χ3n) is 1.10. The molecule has 1 aromatic heterocycles. The smallest absolute Gasteiger partial charge is 0.185 e. The molecule has 0 fully saturated rings. The lowest BCUT2D eigenvalue weighted by molar-refractivity contribution is 0.350. The zero-order chi connectivity index (χ0) is 7.40. The van der Waals surface area contributed by atoms with Crippen LogP contribution in [0.3, 0.4) is 0 Å². The van der Waals surface area contributed by atoms with Crippen LogP contribution in [-0.2, 0) is 7.05 Å². The minimum Gasteiger partial charge on any atom is -0.384 e. The quantitative estimate of drug-likeness (QED) is 0.500. The summed E-state index contributed by atoms with van der Waals surface area (Å²) >= 11 is 0. The minimum atomic E-state index is -0.118. The second-order valence-corrected chi connectivity index (χ2v) is 1.82. The van der Waals surface area contributed by atoms with Gasteiger partial charge in [0.2, 0.25) is 0 Å². The Morgan fingerprint density at radius 2 is 2.60 bits per heavy atom. The Balaban J connectivity index is 2.84. The highest BCUT2D eigenvalue weighted by atomic mass is 16.2. The molecule has 0 saturated heterocycles. The van der Waals surface area contributed by atoms with Crippen LogP contribution < -0.4 is 0 Å². The van der Waals surface area contributed by atoms with E-state index < -0.39 is 0 Å². The molecule has 1 aromatic rings. The summed E-state index contributed by atoms with van der Waals surface area (Å²) in [5.41, 5.74) is 0. The standard InChI is InChI=1S/C7H8N2O/c1-9-5-4-8-7(9)3-2-6-10/h4-5,10H,6H2,1H3. The lowest BCUT2D eigenvalue weighted by atomic mass is 10.5. The lowest BCUT2D eigenvalue weighted by Gasteiger charge is -1.87. The molecule has 10 heavy (non-hydrogen) atoms. The number of aromatic nitrogens is 2. The molecule has 1 rings (SSSR count). The van der Waals surface area contributed by atoms with Crippen molar-refractivity contribution in [3.8, 4) is 11.8 Å². The molecular formula is C7H8N2O. The maximum atomic E-state index is 8.35. The van der Waals surface area contributed by atoms with E-state index in [1.165, 1.54) is 0 Å². The number of hydrogen-bond donors (Lipinski definition) is 1. The third kappa shape index (κ3) is 1.36. The molecule has 0 aliphatic rings. The Hall–Kier alpha value is -1.27. The van der Waals surface area contributed by atoms with E-state index >= 15 is 0 Å². The molecule has 0 aliphatic heterocycles. The fourth-order valence-corrected chi connectivity index (χ4v) is 0.605. The summed E-state index contributed by atoms with van der Waals surface area (Å²) in [6.45, 7) is -0.118. The summed E-state index contributed by atoms with van der Waals surface area (Å²) in [5.74, 6) is 5.88. The SMILES string of the molecule is Cn1ccnc1C#CCO. The number of aliphatic hydroxyl groups is 1. The number of nitrogens with zero attached hydrogens (tertiary/aromatic N) is 2. The zero-order valence-electron chi connectivity index (χ0n) is 5.70. The summed E-state index contributed by atoms with van der Waals surface area (Å²) in [6.07, 6.45) is 3.47. The van der Waals surface area contributed by atoms with E-state index in [4.69, 9.17) is 5.11 Å². The van der Waals surface area contributed by atoms with Crippen molar-refractivity contribution in [2.24, 2.45) is 7.05 Å². The van der Waals surface area contributed by atoms with E-state index in [2.05, 4.69) is 16.8 Å². The largest absolute Gasteiger partial charge is 0.384 e. The van der Waals surface area contributed by atoms with Crippen LogP contribution in [0.4, 0.5) is 0 Å². The van der Waals surface area contributed by atoms with Crippen LogP contribution in [0, 0.1) is 11.8 Å². The first-order valence-electron chi connectivity index (χ1n) is 2.91. The van der Waals surface area contributed by atoms with Gasteiger partial charge in [0, 0.05) is 19.4 Å². The molecule has 0 unspecified atom stereocenters. The van der Waals surface area contributed by atoms with Crippen LogP contribution in [-0.4, -0.2) is 21.3 Å². The Kier molecular flexibility index (Phi) is 2.08. The fraction of sp³-hybridized carbons (Fsp3) is 0.286. The highest BCUT2D eigenvalue weighted by Gasteiger charge is 1.89. The first kappa shape index (κ1) is 6.84. The molecule has 0 aliphatic carbocycles. The Bertz CT molecular complexity index is 267. The predicted molar refractivity (Wildman–Crippen MR) is 37.2 cm³/mol. The van der Waals surface area contributed by atoms with Gasteiger partial charge in [-0.1, -0.05) is 5.92 Å². The highest BCUT2D eigenvalue weighted by molar-refractivity contribution is 5.21. The molecule has 3 nitrogen and oxygen atoms in total. The number of rotatable bonds is 0. The molecule has 1 heterocycles. The van der Waals surface area contributed by atoms with Crippen LogP contribution in [0.1, 0.15) is 5.82 Å². The van der Waals surface area contributed by atoms with Gasteiger partial charge in [0.15, 0.2) is 5.82 Å².